The Balaban J connectivity index is 2.02. The molecule has 2 aliphatic heterocycles. The third kappa shape index (κ3) is 3.19. The maximum atomic E-state index is 12.2. The summed E-state index contributed by atoms with van der Waals surface area (Å²) in [7, 11) is 0. The zero-order chi connectivity index (χ0) is 14.0. The van der Waals surface area contributed by atoms with E-state index in [0.29, 0.717) is 25.3 Å². The van der Waals surface area contributed by atoms with Crippen molar-refractivity contribution in [3.63, 3.8) is 0 Å². The number of fused-ring (bicyclic) bond motifs is 1. The molecule has 2 unspecified atom stereocenters. The molecular formula is C11H16N2O5S. The first-order valence-electron chi connectivity index (χ1n) is 6.10. The van der Waals surface area contributed by atoms with Crippen molar-refractivity contribution in [2.24, 2.45) is 5.92 Å². The fourth-order valence-electron chi connectivity index (χ4n) is 2.41. The second-order valence-corrected chi connectivity index (χ2v) is 5.77. The number of amides is 1. The molecule has 0 saturated carbocycles. The number of nitrogens with zero attached hydrogens (tertiary/aromatic N) is 2. The van der Waals surface area contributed by atoms with Crippen LogP contribution in [-0.2, 0) is 14.3 Å². The van der Waals surface area contributed by atoms with Gasteiger partial charge in [-0.15, -0.1) is 0 Å². The minimum atomic E-state index is -1.37. The average Bonchev–Trinajstić information content (AvgIpc) is 2.64. The van der Waals surface area contributed by atoms with Gasteiger partial charge in [-0.25, -0.2) is 14.8 Å². The Morgan fingerprint density at radius 1 is 1.53 bits per heavy atom. The number of rotatable bonds is 3. The van der Waals surface area contributed by atoms with E-state index in [1.54, 1.807) is 0 Å². The van der Waals surface area contributed by atoms with Crippen molar-refractivity contribution < 1.29 is 24.2 Å². The molecule has 2 saturated heterocycles. The lowest BCUT2D eigenvalue weighted by Crippen LogP contribution is -2.52. The molecule has 19 heavy (non-hydrogen) atoms. The van der Waals surface area contributed by atoms with Gasteiger partial charge in [0.2, 0.25) is 5.91 Å². The van der Waals surface area contributed by atoms with Crippen molar-refractivity contribution in [2.75, 3.05) is 18.8 Å². The summed E-state index contributed by atoms with van der Waals surface area (Å²) in [6.07, 6.45) is -0.803. The molecule has 2 rings (SSSR count). The number of thioether (sulfide) groups is 1. The van der Waals surface area contributed by atoms with Gasteiger partial charge in [-0.2, -0.15) is 0 Å². The Hall–Kier alpha value is -1.28. The molecule has 1 amide bonds. The highest BCUT2D eigenvalue weighted by Crippen LogP contribution is 2.30. The Morgan fingerprint density at radius 3 is 2.89 bits per heavy atom. The third-order valence-electron chi connectivity index (χ3n) is 3.18. The van der Waals surface area contributed by atoms with E-state index >= 15 is 0 Å². The van der Waals surface area contributed by atoms with E-state index in [1.807, 2.05) is 5.01 Å². The molecule has 106 valence electrons. The molecule has 0 radical (unpaired) electrons. The lowest BCUT2D eigenvalue weighted by atomic mass is 10.2. The van der Waals surface area contributed by atoms with Crippen LogP contribution in [0.15, 0.2) is 0 Å². The van der Waals surface area contributed by atoms with Gasteiger partial charge >= 0.3 is 6.16 Å². The fourth-order valence-corrected chi connectivity index (χ4v) is 3.09. The van der Waals surface area contributed by atoms with Crippen molar-refractivity contribution in [2.45, 2.75) is 26.0 Å². The van der Waals surface area contributed by atoms with Crippen LogP contribution in [0, 0.1) is 5.92 Å². The molecule has 7 nitrogen and oxygen atoms in total. The third-order valence-corrected chi connectivity index (χ3v) is 4.15. The van der Waals surface area contributed by atoms with Gasteiger partial charge in [0.1, 0.15) is 0 Å². The number of carboxylic acid groups (broad SMARTS) is 1. The molecule has 2 aliphatic rings. The molecule has 2 atom stereocenters. The first-order chi connectivity index (χ1) is 8.99. The van der Waals surface area contributed by atoms with Crippen molar-refractivity contribution in [3.05, 3.63) is 0 Å². The van der Waals surface area contributed by atoms with Crippen LogP contribution < -0.4 is 0 Å². The summed E-state index contributed by atoms with van der Waals surface area (Å²) in [5.74, 6) is 0.00706. The number of carbonyl (C=O) groups excluding carboxylic acids is 2. The Labute approximate surface area is 114 Å². The first-order valence-corrected chi connectivity index (χ1v) is 7.08. The van der Waals surface area contributed by atoms with Gasteiger partial charge in [-0.05, 0) is 6.42 Å². The highest BCUT2D eigenvalue weighted by molar-refractivity contribution is 8.13. The number of hydrogen-bond donors (Lipinski definition) is 1. The van der Waals surface area contributed by atoms with Gasteiger partial charge in [-0.3, -0.25) is 9.59 Å². The predicted octanol–water partition coefficient (Wildman–Crippen LogP) is 0.756. The molecule has 0 spiro atoms. The Bertz CT molecular complexity index is 403. The lowest BCUT2D eigenvalue weighted by Gasteiger charge is -2.37. The van der Waals surface area contributed by atoms with E-state index in [2.05, 4.69) is 0 Å². The van der Waals surface area contributed by atoms with E-state index in [0.717, 1.165) is 18.2 Å². The molecule has 0 aromatic heterocycles. The van der Waals surface area contributed by atoms with Crippen LogP contribution in [0.1, 0.15) is 19.8 Å². The van der Waals surface area contributed by atoms with Crippen molar-refractivity contribution in [1.29, 1.82) is 0 Å². The zero-order valence-electron chi connectivity index (χ0n) is 10.6. The van der Waals surface area contributed by atoms with Gasteiger partial charge < -0.3 is 9.84 Å². The van der Waals surface area contributed by atoms with Crippen LogP contribution in [0.25, 0.3) is 0 Å². The molecule has 0 bridgehead atoms. The van der Waals surface area contributed by atoms with E-state index < -0.39 is 12.4 Å². The molecule has 0 aliphatic carbocycles. The van der Waals surface area contributed by atoms with Gasteiger partial charge in [0.05, 0.1) is 5.92 Å². The molecule has 8 heteroatoms. The monoisotopic (exact) mass is 288 g/mol. The summed E-state index contributed by atoms with van der Waals surface area (Å²) in [6.45, 7) is 2.71. The van der Waals surface area contributed by atoms with Crippen molar-refractivity contribution in [1.82, 2.24) is 10.0 Å². The van der Waals surface area contributed by atoms with Crippen molar-refractivity contribution in [3.8, 4) is 0 Å². The topological polar surface area (TPSA) is 87.2 Å². The Kier molecular flexibility index (Phi) is 4.31. The fraction of sp³-hybridized carbons (Fsp3) is 0.727. The molecule has 0 aromatic rings. The average molecular weight is 288 g/mol. The van der Waals surface area contributed by atoms with E-state index in [1.165, 1.54) is 11.9 Å². The summed E-state index contributed by atoms with van der Waals surface area (Å²) in [5, 5.41) is 11.9. The van der Waals surface area contributed by atoms with Crippen molar-refractivity contribution >= 4 is 28.9 Å². The number of hydrazine groups is 1. The summed E-state index contributed by atoms with van der Waals surface area (Å²) in [5.41, 5.74) is 0. The van der Waals surface area contributed by atoms with Gasteiger partial charge in [0.15, 0.2) is 11.3 Å². The van der Waals surface area contributed by atoms with E-state index in [-0.39, 0.29) is 16.9 Å². The number of carbonyl (C=O) groups is 3. The first kappa shape index (κ1) is 14.1. The molecule has 1 N–H and O–H groups in total. The SMILES string of the molecule is CC(=O)SCC1CN2CCCC(OC(=O)O)N2C1=O. The standard InChI is InChI=1S/C11H16N2O5S/c1-7(14)19-6-8-5-12-4-2-3-9(18-11(16)17)13(12)10(8)15/h8-9H,2-6H2,1H3,(H,16,17). The minimum absolute atomic E-state index is 0.0222. The van der Waals surface area contributed by atoms with Crippen LogP contribution in [0.2, 0.25) is 0 Å². The van der Waals surface area contributed by atoms with Crippen LogP contribution in [0.3, 0.4) is 0 Å². The van der Waals surface area contributed by atoms with Gasteiger partial charge in [0, 0.05) is 32.2 Å². The summed E-state index contributed by atoms with van der Waals surface area (Å²) in [6, 6.07) is 0. The maximum absolute atomic E-state index is 12.2. The maximum Gasteiger partial charge on any atom is 0.507 e. The Morgan fingerprint density at radius 2 is 2.26 bits per heavy atom. The zero-order valence-corrected chi connectivity index (χ0v) is 11.4. The van der Waals surface area contributed by atoms with Crippen LogP contribution >= 0.6 is 11.8 Å². The highest BCUT2D eigenvalue weighted by atomic mass is 32.2. The predicted molar refractivity (Wildman–Crippen MR) is 67.2 cm³/mol. The molecular weight excluding hydrogens is 272 g/mol. The minimum Gasteiger partial charge on any atom is -0.450 e. The van der Waals surface area contributed by atoms with Gasteiger partial charge in [-0.1, -0.05) is 11.8 Å². The highest BCUT2D eigenvalue weighted by Gasteiger charge is 2.45. The smallest absolute Gasteiger partial charge is 0.450 e. The van der Waals surface area contributed by atoms with Gasteiger partial charge in [0.25, 0.3) is 0 Å². The van der Waals surface area contributed by atoms with Crippen LogP contribution in [0.4, 0.5) is 4.79 Å². The van der Waals surface area contributed by atoms with E-state index in [4.69, 9.17) is 9.84 Å². The second-order valence-electron chi connectivity index (χ2n) is 4.58. The number of ether oxygens (including phenoxy) is 1. The summed E-state index contributed by atoms with van der Waals surface area (Å²) in [4.78, 5) is 33.8. The van der Waals surface area contributed by atoms with Crippen LogP contribution in [0.5, 0.6) is 0 Å². The quantitative estimate of drug-likeness (QED) is 0.767. The van der Waals surface area contributed by atoms with E-state index in [9.17, 15) is 14.4 Å². The molecule has 0 aromatic carbocycles. The van der Waals surface area contributed by atoms with Crippen LogP contribution in [-0.4, -0.2) is 57.4 Å². The summed E-state index contributed by atoms with van der Waals surface area (Å²) < 4.78 is 4.76. The summed E-state index contributed by atoms with van der Waals surface area (Å²) >= 11 is 1.12. The largest absolute Gasteiger partial charge is 0.507 e. The molecule has 2 heterocycles. The number of hydrogen-bond acceptors (Lipinski definition) is 6. The molecule has 2 fully saturated rings. The normalized spacial score (nSPS) is 27.2. The lowest BCUT2D eigenvalue weighted by molar-refractivity contribution is -0.174. The second kappa shape index (κ2) is 5.79.